The average molecular weight is 333 g/mol. The first-order valence-corrected chi connectivity index (χ1v) is 8.42. The van der Waals surface area contributed by atoms with E-state index in [4.69, 9.17) is 4.74 Å². The number of hydrogen-bond acceptors (Lipinski definition) is 4. The average Bonchev–Trinajstić information content (AvgIpc) is 2.47. The molecule has 0 amide bonds. The second-order valence-corrected chi connectivity index (χ2v) is 6.88. The smallest absolute Gasteiger partial charge is 0.310 e. The zero-order valence-corrected chi connectivity index (χ0v) is 12.9. The van der Waals surface area contributed by atoms with Crippen LogP contribution in [0.4, 0.5) is 8.78 Å². The Morgan fingerprint density at radius 2 is 2.00 bits per heavy atom. The van der Waals surface area contributed by atoms with Gasteiger partial charge in [0.15, 0.2) is 4.90 Å². The van der Waals surface area contributed by atoms with E-state index in [9.17, 15) is 22.0 Å². The number of ether oxygens (including phenoxy) is 1. The van der Waals surface area contributed by atoms with Gasteiger partial charge < -0.3 is 4.74 Å². The molecule has 0 N–H and O–H groups in total. The highest BCUT2D eigenvalue weighted by Gasteiger charge is 2.36. The second-order valence-electron chi connectivity index (χ2n) is 5.01. The Kier molecular flexibility index (Phi) is 5.12. The van der Waals surface area contributed by atoms with Crippen molar-refractivity contribution >= 4 is 16.0 Å². The summed E-state index contributed by atoms with van der Waals surface area (Å²) >= 11 is 0. The summed E-state index contributed by atoms with van der Waals surface area (Å²) in [6.45, 7) is 1.84. The van der Waals surface area contributed by atoms with E-state index < -0.39 is 38.4 Å². The third-order valence-electron chi connectivity index (χ3n) is 3.52. The lowest BCUT2D eigenvalue weighted by atomic mass is 10.0. The Bertz CT molecular complexity index is 643. The van der Waals surface area contributed by atoms with Crippen molar-refractivity contribution < 1.29 is 26.7 Å². The fraction of sp³-hybridized carbons (Fsp3) is 0.500. The van der Waals surface area contributed by atoms with Gasteiger partial charge in [-0.3, -0.25) is 4.79 Å². The van der Waals surface area contributed by atoms with Crippen LogP contribution in [-0.2, 0) is 19.6 Å². The molecule has 0 aliphatic carbocycles. The van der Waals surface area contributed by atoms with Crippen LogP contribution in [0.15, 0.2) is 23.1 Å². The molecule has 1 aromatic rings. The molecule has 1 saturated heterocycles. The Labute approximate surface area is 127 Å². The van der Waals surface area contributed by atoms with Gasteiger partial charge in [0.25, 0.3) is 0 Å². The third kappa shape index (κ3) is 3.27. The van der Waals surface area contributed by atoms with Crippen molar-refractivity contribution in [3.63, 3.8) is 0 Å². The highest BCUT2D eigenvalue weighted by Crippen LogP contribution is 2.27. The molecular weight excluding hydrogens is 316 g/mol. The molecule has 2 rings (SSSR count). The Morgan fingerprint density at radius 1 is 1.36 bits per heavy atom. The lowest BCUT2D eigenvalue weighted by molar-refractivity contribution is -0.149. The number of sulfonamides is 1. The van der Waals surface area contributed by atoms with Crippen LogP contribution < -0.4 is 0 Å². The highest BCUT2D eigenvalue weighted by atomic mass is 32.2. The number of esters is 1. The third-order valence-corrected chi connectivity index (χ3v) is 5.44. The molecule has 1 atom stereocenters. The SMILES string of the molecule is CCOC(=O)C1CCCN(S(=O)(=O)c2c(F)cccc2F)C1. The predicted molar refractivity (Wildman–Crippen MR) is 74.5 cm³/mol. The van der Waals surface area contributed by atoms with E-state index in [-0.39, 0.29) is 19.7 Å². The molecule has 122 valence electrons. The summed E-state index contributed by atoms with van der Waals surface area (Å²) in [6, 6.07) is 2.88. The van der Waals surface area contributed by atoms with Gasteiger partial charge >= 0.3 is 5.97 Å². The van der Waals surface area contributed by atoms with Gasteiger partial charge in [0.2, 0.25) is 10.0 Å². The molecule has 22 heavy (non-hydrogen) atoms. The second kappa shape index (κ2) is 6.70. The zero-order chi connectivity index (χ0) is 16.3. The van der Waals surface area contributed by atoms with E-state index in [1.807, 2.05) is 0 Å². The first-order chi connectivity index (χ1) is 10.4. The molecular formula is C14H17F2NO4S. The number of rotatable bonds is 4. The molecule has 1 aromatic carbocycles. The number of benzene rings is 1. The van der Waals surface area contributed by atoms with Gasteiger partial charge in [-0.1, -0.05) is 6.07 Å². The number of nitrogens with zero attached hydrogens (tertiary/aromatic N) is 1. The number of hydrogen-bond donors (Lipinski definition) is 0. The van der Waals surface area contributed by atoms with E-state index in [1.54, 1.807) is 6.92 Å². The van der Waals surface area contributed by atoms with Crippen molar-refractivity contribution in [2.75, 3.05) is 19.7 Å². The summed E-state index contributed by atoms with van der Waals surface area (Å²) in [5.41, 5.74) is 0. The molecule has 8 heteroatoms. The van der Waals surface area contributed by atoms with Crippen LogP contribution in [0.1, 0.15) is 19.8 Å². The van der Waals surface area contributed by atoms with Gasteiger partial charge in [-0.05, 0) is 31.9 Å². The van der Waals surface area contributed by atoms with Crippen LogP contribution in [-0.4, -0.2) is 38.4 Å². The molecule has 0 aromatic heterocycles. The van der Waals surface area contributed by atoms with Crippen LogP contribution in [0.3, 0.4) is 0 Å². The fourth-order valence-corrected chi connectivity index (χ4v) is 4.10. The minimum Gasteiger partial charge on any atom is -0.466 e. The summed E-state index contributed by atoms with van der Waals surface area (Å²) in [5, 5.41) is 0. The Hall–Kier alpha value is -1.54. The van der Waals surface area contributed by atoms with E-state index in [1.165, 1.54) is 0 Å². The minimum absolute atomic E-state index is 0.117. The molecule has 5 nitrogen and oxygen atoms in total. The summed E-state index contributed by atoms with van der Waals surface area (Å²) < 4.78 is 58.2. The highest BCUT2D eigenvalue weighted by molar-refractivity contribution is 7.89. The maximum Gasteiger partial charge on any atom is 0.310 e. The summed E-state index contributed by atoms with van der Waals surface area (Å²) in [4.78, 5) is 10.8. The van der Waals surface area contributed by atoms with Crippen LogP contribution >= 0.6 is 0 Å². The van der Waals surface area contributed by atoms with Crippen molar-refractivity contribution in [1.82, 2.24) is 4.31 Å². The molecule has 0 spiro atoms. The minimum atomic E-state index is -4.33. The van der Waals surface area contributed by atoms with Gasteiger partial charge in [0.05, 0.1) is 12.5 Å². The molecule has 1 aliphatic heterocycles. The molecule has 0 saturated carbocycles. The number of carbonyl (C=O) groups excluding carboxylic acids is 1. The topological polar surface area (TPSA) is 63.7 Å². The molecule has 1 fully saturated rings. The zero-order valence-electron chi connectivity index (χ0n) is 12.1. The molecule has 1 unspecified atom stereocenters. The van der Waals surface area contributed by atoms with E-state index in [0.29, 0.717) is 12.8 Å². The number of piperidine rings is 1. The predicted octanol–water partition coefficient (Wildman–Crippen LogP) is 1.93. The Balaban J connectivity index is 2.28. The van der Waals surface area contributed by atoms with E-state index >= 15 is 0 Å². The maximum atomic E-state index is 13.7. The first-order valence-electron chi connectivity index (χ1n) is 6.98. The van der Waals surface area contributed by atoms with Crippen LogP contribution in [0.25, 0.3) is 0 Å². The lowest BCUT2D eigenvalue weighted by Gasteiger charge is -2.30. The molecule has 1 aliphatic rings. The van der Waals surface area contributed by atoms with Crippen molar-refractivity contribution in [3.8, 4) is 0 Å². The maximum absolute atomic E-state index is 13.7. The summed E-state index contributed by atoms with van der Waals surface area (Å²) in [6.07, 6.45) is 0.920. The van der Waals surface area contributed by atoms with Crippen molar-refractivity contribution in [3.05, 3.63) is 29.8 Å². The monoisotopic (exact) mass is 333 g/mol. The van der Waals surface area contributed by atoms with Crippen LogP contribution in [0, 0.1) is 17.6 Å². The van der Waals surface area contributed by atoms with Gasteiger partial charge in [0.1, 0.15) is 11.6 Å². The van der Waals surface area contributed by atoms with Crippen LogP contribution in [0.2, 0.25) is 0 Å². The Morgan fingerprint density at radius 3 is 2.59 bits per heavy atom. The summed E-state index contributed by atoms with van der Waals surface area (Å²) in [5.74, 6) is -3.38. The molecule has 0 radical (unpaired) electrons. The normalized spacial score (nSPS) is 19.9. The van der Waals surface area contributed by atoms with Crippen molar-refractivity contribution in [1.29, 1.82) is 0 Å². The van der Waals surface area contributed by atoms with Gasteiger partial charge in [-0.25, -0.2) is 17.2 Å². The molecule has 0 bridgehead atoms. The van der Waals surface area contributed by atoms with Gasteiger partial charge in [0, 0.05) is 13.1 Å². The van der Waals surface area contributed by atoms with Crippen molar-refractivity contribution in [2.24, 2.45) is 5.92 Å². The lowest BCUT2D eigenvalue weighted by Crippen LogP contribution is -2.43. The standard InChI is InChI=1S/C14H17F2NO4S/c1-2-21-14(18)10-5-4-8-17(9-10)22(19,20)13-11(15)6-3-7-12(13)16/h3,6-7,10H,2,4-5,8-9H2,1H3. The van der Waals surface area contributed by atoms with Gasteiger partial charge in [-0.15, -0.1) is 0 Å². The quantitative estimate of drug-likeness (QED) is 0.790. The molecule has 1 heterocycles. The largest absolute Gasteiger partial charge is 0.466 e. The fourth-order valence-electron chi connectivity index (χ4n) is 2.47. The van der Waals surface area contributed by atoms with Crippen molar-refractivity contribution in [2.45, 2.75) is 24.7 Å². The number of carbonyl (C=O) groups is 1. The first kappa shape index (κ1) is 16.8. The van der Waals surface area contributed by atoms with Crippen LogP contribution in [0.5, 0.6) is 0 Å². The van der Waals surface area contributed by atoms with E-state index in [2.05, 4.69) is 0 Å². The summed E-state index contributed by atoms with van der Waals surface area (Å²) in [7, 11) is -4.33. The number of halogens is 2. The van der Waals surface area contributed by atoms with E-state index in [0.717, 1.165) is 22.5 Å². The van der Waals surface area contributed by atoms with Gasteiger partial charge in [-0.2, -0.15) is 4.31 Å².